The van der Waals surface area contributed by atoms with Crippen LogP contribution in [-0.4, -0.2) is 47.8 Å². The van der Waals surface area contributed by atoms with Crippen molar-refractivity contribution in [3.05, 3.63) is 0 Å². The van der Waals surface area contributed by atoms with Gasteiger partial charge in [-0.05, 0) is 40.0 Å². The minimum atomic E-state index is -1.23. The van der Waals surface area contributed by atoms with Gasteiger partial charge < -0.3 is 26.2 Å². The zero-order valence-corrected chi connectivity index (χ0v) is 13.6. The van der Waals surface area contributed by atoms with Gasteiger partial charge in [0, 0.05) is 13.0 Å². The summed E-state index contributed by atoms with van der Waals surface area (Å²) < 4.78 is 4.98. The van der Waals surface area contributed by atoms with E-state index in [1.807, 2.05) is 0 Å². The molecule has 0 aliphatic rings. The van der Waals surface area contributed by atoms with Gasteiger partial charge >= 0.3 is 12.1 Å². The molecule has 128 valence electrons. The smallest absolute Gasteiger partial charge is 0.408 e. The number of carboxylic acids is 1. The van der Waals surface area contributed by atoms with Gasteiger partial charge in [-0.15, -0.1) is 0 Å². The number of hydrogen-bond acceptors (Lipinski definition) is 4. The molecule has 0 unspecified atom stereocenters. The molecule has 0 heterocycles. The molecule has 0 fully saturated rings. The average molecular weight is 318 g/mol. The second-order valence-corrected chi connectivity index (χ2v) is 6.01. The first-order valence-corrected chi connectivity index (χ1v) is 7.44. The van der Waals surface area contributed by atoms with Crippen molar-refractivity contribution in [2.45, 2.75) is 58.1 Å². The second kappa shape index (κ2) is 9.99. The number of carbonyl (C=O) groups excluding carboxylic acids is 2. The van der Waals surface area contributed by atoms with Crippen molar-refractivity contribution in [3.63, 3.8) is 0 Å². The van der Waals surface area contributed by atoms with Crippen molar-refractivity contribution in [1.29, 1.82) is 0 Å². The highest BCUT2D eigenvalue weighted by Gasteiger charge is 2.24. The van der Waals surface area contributed by atoms with Crippen molar-refractivity contribution >= 4 is 18.0 Å². The van der Waals surface area contributed by atoms with Crippen LogP contribution in [0, 0.1) is 0 Å². The van der Waals surface area contributed by atoms with E-state index in [0.717, 1.165) is 25.8 Å². The summed E-state index contributed by atoms with van der Waals surface area (Å²) in [6.45, 7) is 5.69. The van der Waals surface area contributed by atoms with Gasteiger partial charge in [0.2, 0.25) is 5.91 Å². The van der Waals surface area contributed by atoms with Gasteiger partial charge in [-0.2, -0.15) is 0 Å². The first-order valence-electron chi connectivity index (χ1n) is 7.44. The molecule has 0 rings (SSSR count). The van der Waals surface area contributed by atoms with E-state index in [9.17, 15) is 14.4 Å². The lowest BCUT2D eigenvalue weighted by molar-refractivity contribution is -0.368. The first kappa shape index (κ1) is 20.2. The Hall–Kier alpha value is -1.83. The van der Waals surface area contributed by atoms with Crippen molar-refractivity contribution in [2.75, 3.05) is 13.1 Å². The number of carboxylic acid groups (broad SMARTS) is 1. The van der Waals surface area contributed by atoms with Gasteiger partial charge in [0.25, 0.3) is 0 Å². The normalized spacial score (nSPS) is 12.4. The number of hydrogen-bond donors (Lipinski definition) is 4. The second-order valence-electron chi connectivity index (χ2n) is 6.01. The summed E-state index contributed by atoms with van der Waals surface area (Å²) >= 11 is 0. The molecule has 8 nitrogen and oxygen atoms in total. The number of carbonyl (C=O) groups is 3. The van der Waals surface area contributed by atoms with Gasteiger partial charge in [0.1, 0.15) is 11.6 Å². The summed E-state index contributed by atoms with van der Waals surface area (Å²) in [4.78, 5) is 34.2. The van der Waals surface area contributed by atoms with Crippen LogP contribution in [0.5, 0.6) is 0 Å². The largest absolute Gasteiger partial charge is 0.480 e. The number of amides is 2. The molecule has 0 bridgehead atoms. The molecule has 0 aliphatic heterocycles. The van der Waals surface area contributed by atoms with Crippen LogP contribution in [0.2, 0.25) is 0 Å². The van der Waals surface area contributed by atoms with E-state index in [1.165, 1.54) is 0 Å². The molecule has 0 spiro atoms. The van der Waals surface area contributed by atoms with Crippen LogP contribution in [0.15, 0.2) is 0 Å². The van der Waals surface area contributed by atoms with E-state index in [2.05, 4.69) is 16.4 Å². The zero-order chi connectivity index (χ0) is 17.2. The fourth-order valence-electron chi connectivity index (χ4n) is 1.59. The summed E-state index contributed by atoms with van der Waals surface area (Å²) in [5.41, 5.74) is 3.00. The van der Waals surface area contributed by atoms with Gasteiger partial charge in [0.15, 0.2) is 0 Å². The molecule has 6 N–H and O–H groups in total. The summed E-state index contributed by atoms with van der Waals surface area (Å²) in [6, 6.07) is -1.22. The van der Waals surface area contributed by atoms with Crippen molar-refractivity contribution in [3.8, 4) is 0 Å². The van der Waals surface area contributed by atoms with Gasteiger partial charge in [-0.3, -0.25) is 4.79 Å². The molecule has 1 atom stereocenters. The Morgan fingerprint density at radius 1 is 1.18 bits per heavy atom. The molecule has 0 saturated carbocycles. The quantitative estimate of drug-likeness (QED) is 0.440. The molecule has 0 aromatic carbocycles. The fraction of sp³-hybridized carbons (Fsp3) is 0.786. The number of ether oxygens (including phenoxy) is 1. The summed E-state index contributed by atoms with van der Waals surface area (Å²) in [6.07, 6.45) is 2.11. The summed E-state index contributed by atoms with van der Waals surface area (Å²) in [5, 5.41) is 13.8. The van der Waals surface area contributed by atoms with Crippen LogP contribution in [0.1, 0.15) is 46.5 Å². The molecule has 0 saturated heterocycles. The highest BCUT2D eigenvalue weighted by Crippen LogP contribution is 2.06. The Balaban J connectivity index is 4.17. The zero-order valence-electron chi connectivity index (χ0n) is 13.6. The van der Waals surface area contributed by atoms with Crippen molar-refractivity contribution in [1.82, 2.24) is 10.6 Å². The number of unbranched alkanes of at least 4 members (excludes halogenated alkanes) is 2. The standard InChI is InChI=1S/C14H27N3O5/c1-14(2,3)22-13(21)17-10(12(19)20)9-16-11(18)7-5-4-6-8-15/h10H,4-9,15H2,1-3H3,(H,16,18)(H,17,21)(H,19,20)/p+1/t10-/m1/s1. The van der Waals surface area contributed by atoms with Crippen LogP contribution in [0.25, 0.3) is 0 Å². The molecule has 0 aromatic rings. The van der Waals surface area contributed by atoms with E-state index in [-0.39, 0.29) is 12.5 Å². The highest BCUT2D eigenvalue weighted by molar-refractivity contribution is 5.82. The van der Waals surface area contributed by atoms with Crippen LogP contribution in [0.4, 0.5) is 4.79 Å². The lowest BCUT2D eigenvalue weighted by atomic mass is 10.2. The lowest BCUT2D eigenvalue weighted by Gasteiger charge is -2.22. The Kier molecular flexibility index (Phi) is 9.16. The SMILES string of the molecule is CC(C)(C)OC(=O)N[C@H](CNC(=O)CCCCC[NH3+])C(=O)O. The van der Waals surface area contributed by atoms with Gasteiger partial charge in [-0.25, -0.2) is 9.59 Å². The maximum atomic E-state index is 11.6. The third kappa shape index (κ3) is 10.9. The minimum Gasteiger partial charge on any atom is -0.480 e. The highest BCUT2D eigenvalue weighted by atomic mass is 16.6. The van der Waals surface area contributed by atoms with E-state index in [0.29, 0.717) is 6.42 Å². The third-order valence-electron chi connectivity index (χ3n) is 2.65. The maximum Gasteiger partial charge on any atom is 0.408 e. The summed E-state index contributed by atoms with van der Waals surface area (Å²) in [5.74, 6) is -1.47. The van der Waals surface area contributed by atoms with Gasteiger partial charge in [-0.1, -0.05) is 0 Å². The third-order valence-corrected chi connectivity index (χ3v) is 2.65. The molecular formula is C14H28N3O5+. The Morgan fingerprint density at radius 3 is 2.32 bits per heavy atom. The van der Waals surface area contributed by atoms with E-state index < -0.39 is 23.7 Å². The average Bonchev–Trinajstić information content (AvgIpc) is 2.37. The monoisotopic (exact) mass is 318 g/mol. The van der Waals surface area contributed by atoms with Crippen molar-refractivity contribution < 1.29 is 30.0 Å². The molecule has 8 heteroatoms. The molecule has 0 aliphatic carbocycles. The van der Waals surface area contributed by atoms with Crippen LogP contribution >= 0.6 is 0 Å². The predicted octanol–water partition coefficient (Wildman–Crippen LogP) is -0.117. The van der Waals surface area contributed by atoms with Crippen LogP contribution in [0.3, 0.4) is 0 Å². The van der Waals surface area contributed by atoms with E-state index in [4.69, 9.17) is 9.84 Å². The number of quaternary nitrogens is 1. The molecule has 0 radical (unpaired) electrons. The number of rotatable bonds is 9. The molecule has 2 amide bonds. The minimum absolute atomic E-state index is 0.178. The first-order chi connectivity index (χ1) is 10.2. The van der Waals surface area contributed by atoms with Crippen LogP contribution < -0.4 is 16.4 Å². The van der Waals surface area contributed by atoms with Gasteiger partial charge in [0.05, 0.1) is 6.54 Å². The lowest BCUT2D eigenvalue weighted by Crippen LogP contribution is -2.50. The Bertz CT molecular complexity index is 379. The van der Waals surface area contributed by atoms with Crippen LogP contribution in [-0.2, 0) is 14.3 Å². The number of aliphatic carboxylic acids is 1. The Morgan fingerprint density at radius 2 is 1.82 bits per heavy atom. The molecule has 22 heavy (non-hydrogen) atoms. The maximum absolute atomic E-state index is 11.6. The topological polar surface area (TPSA) is 132 Å². The fourth-order valence-corrected chi connectivity index (χ4v) is 1.59. The number of alkyl carbamates (subject to hydrolysis) is 1. The predicted molar refractivity (Wildman–Crippen MR) is 80.0 cm³/mol. The Labute approximate surface area is 130 Å². The van der Waals surface area contributed by atoms with E-state index >= 15 is 0 Å². The molecular weight excluding hydrogens is 290 g/mol. The summed E-state index contributed by atoms with van der Waals surface area (Å²) in [7, 11) is 0. The van der Waals surface area contributed by atoms with E-state index in [1.54, 1.807) is 20.8 Å². The number of nitrogens with one attached hydrogen (secondary N) is 2. The van der Waals surface area contributed by atoms with Crippen molar-refractivity contribution in [2.24, 2.45) is 0 Å². The molecule has 0 aromatic heterocycles.